The highest BCUT2D eigenvalue weighted by Gasteiger charge is 2.09. The van der Waals surface area contributed by atoms with E-state index in [1.54, 1.807) is 55.5 Å². The lowest BCUT2D eigenvalue weighted by molar-refractivity contribution is 0.103. The molecule has 0 heterocycles. The Morgan fingerprint density at radius 3 is 2.38 bits per heavy atom. The number of hydrogen-bond donors (Lipinski definition) is 2. The van der Waals surface area contributed by atoms with Crippen molar-refractivity contribution < 1.29 is 14.3 Å². The second-order valence-electron chi connectivity index (χ2n) is 4.76. The molecule has 0 saturated heterocycles. The number of allylic oxidation sites excluding steroid dienone is 1. The minimum Gasteiger partial charge on any atom is -0.479 e. The number of ether oxygens (including phenoxy) is 1. The molecule has 0 saturated carbocycles. The number of rotatable bonds is 6. The Bertz CT molecular complexity index is 728. The minimum absolute atomic E-state index is 0.0813. The van der Waals surface area contributed by atoms with E-state index in [2.05, 4.69) is 10.6 Å². The normalized spacial score (nSPS) is 10.8. The summed E-state index contributed by atoms with van der Waals surface area (Å²) in [7, 11) is 0. The van der Waals surface area contributed by atoms with Gasteiger partial charge in [0, 0.05) is 22.3 Å². The molecule has 2 aromatic rings. The number of ketones is 1. The van der Waals surface area contributed by atoms with E-state index in [0.717, 1.165) is 0 Å². The molecule has 0 aliphatic heterocycles. The third-order valence-electron chi connectivity index (χ3n) is 2.96. The van der Waals surface area contributed by atoms with Crippen molar-refractivity contribution in [2.24, 2.45) is 0 Å². The number of carbonyl (C=O) groups excluding carboxylic acids is 2. The molecule has 0 radical (unpaired) electrons. The van der Waals surface area contributed by atoms with Crippen molar-refractivity contribution in [2.75, 3.05) is 11.9 Å². The fraction of sp³-hybridized carbons (Fsp3) is 0.111. The SMILES string of the molecule is CCOC(=CC(=O)c1ccccc1)NC(=O)Nc1ccc(Cl)cc1. The molecular formula is C18H17ClN2O3. The van der Waals surface area contributed by atoms with Crippen LogP contribution >= 0.6 is 11.6 Å². The van der Waals surface area contributed by atoms with Crippen molar-refractivity contribution in [2.45, 2.75) is 6.92 Å². The van der Waals surface area contributed by atoms with Gasteiger partial charge >= 0.3 is 6.03 Å². The summed E-state index contributed by atoms with van der Waals surface area (Å²) < 4.78 is 5.31. The summed E-state index contributed by atoms with van der Waals surface area (Å²) in [4.78, 5) is 24.2. The van der Waals surface area contributed by atoms with Crippen molar-refractivity contribution in [3.63, 3.8) is 0 Å². The number of urea groups is 1. The highest BCUT2D eigenvalue weighted by Crippen LogP contribution is 2.13. The van der Waals surface area contributed by atoms with Gasteiger partial charge < -0.3 is 10.1 Å². The van der Waals surface area contributed by atoms with Crippen LogP contribution < -0.4 is 10.6 Å². The van der Waals surface area contributed by atoms with Gasteiger partial charge in [0.25, 0.3) is 0 Å². The van der Waals surface area contributed by atoms with Crippen LogP contribution in [0.15, 0.2) is 66.6 Å². The average Bonchev–Trinajstić information content (AvgIpc) is 2.58. The maximum absolute atomic E-state index is 12.2. The van der Waals surface area contributed by atoms with Crippen molar-refractivity contribution in [3.05, 3.63) is 77.1 Å². The first kappa shape index (κ1) is 17.6. The quantitative estimate of drug-likeness (QED) is 0.468. The summed E-state index contributed by atoms with van der Waals surface area (Å²) in [5, 5.41) is 5.72. The van der Waals surface area contributed by atoms with E-state index in [0.29, 0.717) is 22.9 Å². The second-order valence-corrected chi connectivity index (χ2v) is 5.19. The largest absolute Gasteiger partial charge is 0.479 e. The standard InChI is InChI=1S/C18H17ClN2O3/c1-2-24-17(12-16(22)13-6-4-3-5-7-13)21-18(23)20-15-10-8-14(19)9-11-15/h3-12H,2H2,1H3,(H2,20,21,23). The lowest BCUT2D eigenvalue weighted by atomic mass is 10.1. The third kappa shape index (κ3) is 5.44. The van der Waals surface area contributed by atoms with Crippen LogP contribution in [0.25, 0.3) is 0 Å². The van der Waals surface area contributed by atoms with E-state index in [9.17, 15) is 9.59 Å². The molecule has 0 aliphatic carbocycles. The molecule has 124 valence electrons. The monoisotopic (exact) mass is 344 g/mol. The van der Waals surface area contributed by atoms with Gasteiger partial charge in [-0.05, 0) is 31.2 Å². The molecule has 6 heteroatoms. The Balaban J connectivity index is 2.04. The maximum atomic E-state index is 12.2. The molecule has 2 rings (SSSR count). The van der Waals surface area contributed by atoms with Crippen LogP contribution in [-0.4, -0.2) is 18.4 Å². The van der Waals surface area contributed by atoms with Gasteiger partial charge in [0.15, 0.2) is 11.7 Å². The number of hydrogen-bond acceptors (Lipinski definition) is 3. The van der Waals surface area contributed by atoms with Gasteiger partial charge in [-0.25, -0.2) is 4.79 Å². The summed E-state index contributed by atoms with van der Waals surface area (Å²) in [6, 6.07) is 14.9. The Hall–Kier alpha value is -2.79. The summed E-state index contributed by atoms with van der Waals surface area (Å²) in [5.41, 5.74) is 1.08. The van der Waals surface area contributed by atoms with Gasteiger partial charge in [-0.1, -0.05) is 41.9 Å². The Morgan fingerprint density at radius 2 is 1.75 bits per heavy atom. The van der Waals surface area contributed by atoms with Crippen LogP contribution in [-0.2, 0) is 4.74 Å². The summed E-state index contributed by atoms with van der Waals surface area (Å²) >= 11 is 5.79. The Morgan fingerprint density at radius 1 is 1.08 bits per heavy atom. The number of anilines is 1. The molecule has 24 heavy (non-hydrogen) atoms. The number of halogens is 1. The van der Waals surface area contributed by atoms with Crippen molar-refractivity contribution in [3.8, 4) is 0 Å². The zero-order valence-electron chi connectivity index (χ0n) is 13.1. The van der Waals surface area contributed by atoms with Gasteiger partial charge in [-0.3, -0.25) is 10.1 Å². The molecule has 0 fully saturated rings. The molecule has 2 N–H and O–H groups in total. The smallest absolute Gasteiger partial charge is 0.326 e. The average molecular weight is 345 g/mol. The summed E-state index contributed by atoms with van der Waals surface area (Å²) in [5.74, 6) is -0.177. The predicted octanol–water partition coefficient (Wildman–Crippen LogP) is 4.22. The van der Waals surface area contributed by atoms with Crippen LogP contribution in [0.2, 0.25) is 5.02 Å². The molecule has 5 nitrogen and oxygen atoms in total. The zero-order valence-corrected chi connectivity index (χ0v) is 13.8. The molecule has 0 aliphatic rings. The summed E-state index contributed by atoms with van der Waals surface area (Å²) in [6.07, 6.45) is 1.25. The lowest BCUT2D eigenvalue weighted by Crippen LogP contribution is -2.29. The number of nitrogens with one attached hydrogen (secondary N) is 2. The van der Waals surface area contributed by atoms with E-state index in [-0.39, 0.29) is 11.7 Å². The molecule has 0 bridgehead atoms. The molecule has 0 atom stereocenters. The number of amides is 2. The molecule has 2 aromatic carbocycles. The van der Waals surface area contributed by atoms with Crippen LogP contribution in [0.1, 0.15) is 17.3 Å². The van der Waals surface area contributed by atoms with Gasteiger partial charge in [-0.2, -0.15) is 0 Å². The fourth-order valence-electron chi connectivity index (χ4n) is 1.88. The maximum Gasteiger partial charge on any atom is 0.326 e. The minimum atomic E-state index is -0.516. The van der Waals surface area contributed by atoms with E-state index in [1.807, 2.05) is 6.07 Å². The Kier molecular flexibility index (Phi) is 6.40. The molecule has 0 aromatic heterocycles. The van der Waals surface area contributed by atoms with E-state index >= 15 is 0 Å². The van der Waals surface area contributed by atoms with Crippen molar-refractivity contribution in [1.29, 1.82) is 0 Å². The van der Waals surface area contributed by atoms with Crippen LogP contribution in [0, 0.1) is 0 Å². The molecular weight excluding hydrogens is 328 g/mol. The summed E-state index contributed by atoms with van der Waals surface area (Å²) in [6.45, 7) is 2.08. The molecule has 0 spiro atoms. The van der Waals surface area contributed by atoms with Gasteiger partial charge in [-0.15, -0.1) is 0 Å². The van der Waals surface area contributed by atoms with E-state index in [4.69, 9.17) is 16.3 Å². The third-order valence-corrected chi connectivity index (χ3v) is 3.21. The van der Waals surface area contributed by atoms with Crippen molar-refractivity contribution >= 4 is 29.1 Å². The van der Waals surface area contributed by atoms with Gasteiger partial charge in [0.05, 0.1) is 6.61 Å². The van der Waals surface area contributed by atoms with Gasteiger partial charge in [0.1, 0.15) is 0 Å². The lowest BCUT2D eigenvalue weighted by Gasteiger charge is -2.11. The van der Waals surface area contributed by atoms with Crippen LogP contribution in [0.3, 0.4) is 0 Å². The molecule has 0 unspecified atom stereocenters. The number of carbonyl (C=O) groups is 2. The highest BCUT2D eigenvalue weighted by atomic mass is 35.5. The van der Waals surface area contributed by atoms with E-state index < -0.39 is 6.03 Å². The topological polar surface area (TPSA) is 67.4 Å². The predicted molar refractivity (Wildman–Crippen MR) is 94.1 cm³/mol. The first-order valence-electron chi connectivity index (χ1n) is 7.36. The zero-order chi connectivity index (χ0) is 17.4. The second kappa shape index (κ2) is 8.74. The van der Waals surface area contributed by atoms with E-state index in [1.165, 1.54) is 6.08 Å². The van der Waals surface area contributed by atoms with Gasteiger partial charge in [0.2, 0.25) is 0 Å². The Labute approximate surface area is 145 Å². The van der Waals surface area contributed by atoms with Crippen LogP contribution in [0.4, 0.5) is 10.5 Å². The molecule has 2 amide bonds. The first-order valence-corrected chi connectivity index (χ1v) is 7.73. The highest BCUT2D eigenvalue weighted by molar-refractivity contribution is 6.30. The van der Waals surface area contributed by atoms with Crippen LogP contribution in [0.5, 0.6) is 0 Å². The first-order chi connectivity index (χ1) is 11.6. The fourth-order valence-corrected chi connectivity index (χ4v) is 2.01. The van der Waals surface area contributed by atoms with Crippen molar-refractivity contribution in [1.82, 2.24) is 5.32 Å². The number of benzene rings is 2.